The van der Waals surface area contributed by atoms with Crippen LogP contribution in [0.25, 0.3) is 0 Å². The van der Waals surface area contributed by atoms with Crippen LogP contribution in [0.15, 0.2) is 82.9 Å². The number of hydrogen-bond acceptors (Lipinski definition) is 7. The van der Waals surface area contributed by atoms with Gasteiger partial charge in [-0.25, -0.2) is 4.90 Å². The molecule has 0 spiro atoms. The molecule has 2 aromatic carbocycles. The average molecular weight is 557 g/mol. The summed E-state index contributed by atoms with van der Waals surface area (Å²) < 4.78 is 1.42. The largest absolute Gasteiger partial charge is 0.324 e. The van der Waals surface area contributed by atoms with Crippen molar-refractivity contribution < 1.29 is 14.4 Å². The van der Waals surface area contributed by atoms with E-state index < -0.39 is 17.1 Å². The number of rotatable bonds is 5. The Hall–Kier alpha value is -4.02. The third-order valence-corrected chi connectivity index (χ3v) is 9.71. The van der Waals surface area contributed by atoms with Crippen molar-refractivity contribution in [2.75, 3.05) is 10.2 Å². The van der Waals surface area contributed by atoms with Crippen molar-refractivity contribution in [1.82, 2.24) is 9.55 Å². The molecule has 2 aromatic heterocycles. The number of benzene rings is 2. The lowest BCUT2D eigenvalue weighted by molar-refractivity contribution is -0.122. The number of amides is 3. The highest BCUT2D eigenvalue weighted by atomic mass is 32.2. The van der Waals surface area contributed by atoms with E-state index in [9.17, 15) is 19.2 Å². The maximum atomic E-state index is 13.9. The van der Waals surface area contributed by atoms with E-state index in [1.807, 2.05) is 50.2 Å². The Morgan fingerprint density at radius 2 is 1.74 bits per heavy atom. The first-order valence-corrected chi connectivity index (χ1v) is 14.1. The monoisotopic (exact) mass is 556 g/mol. The molecule has 196 valence electrons. The lowest BCUT2D eigenvalue weighted by Crippen LogP contribution is -2.33. The first kappa shape index (κ1) is 25.3. The summed E-state index contributed by atoms with van der Waals surface area (Å²) in [5.41, 5.74) is 3.87. The maximum Gasteiger partial charge on any atom is 0.308 e. The maximum absolute atomic E-state index is 13.9. The van der Waals surface area contributed by atoms with E-state index in [1.165, 1.54) is 21.2 Å². The number of nitrogens with zero attached hydrogens (tertiary/aromatic N) is 3. The standard InChI is InChI=1S/C29H24N4O4S2/c1-16-9-11-19(12-10-16)33-26(35)23-22(18-7-5-13-30-14-18)25-28(38-24(23)27(33)36)32(29(37)39-25)15-21(34)31-20-8-4-3-6-17(20)2/h3-14,22-24H,15H2,1-2H3,(H,31,34)/t22-,23?,24?/m1/s1. The smallest absolute Gasteiger partial charge is 0.308 e. The van der Waals surface area contributed by atoms with Crippen LogP contribution in [0.2, 0.25) is 0 Å². The number of aromatic nitrogens is 2. The Morgan fingerprint density at radius 1 is 0.974 bits per heavy atom. The van der Waals surface area contributed by atoms with E-state index in [1.54, 1.807) is 36.7 Å². The fourth-order valence-corrected chi connectivity index (χ4v) is 7.94. The van der Waals surface area contributed by atoms with Gasteiger partial charge in [0.15, 0.2) is 0 Å². The summed E-state index contributed by atoms with van der Waals surface area (Å²) in [5, 5.41) is 2.69. The van der Waals surface area contributed by atoms with Crippen LogP contribution in [0.3, 0.4) is 0 Å². The van der Waals surface area contributed by atoms with Crippen LogP contribution in [-0.2, 0) is 20.9 Å². The molecule has 4 heterocycles. The summed E-state index contributed by atoms with van der Waals surface area (Å²) >= 11 is 2.22. The van der Waals surface area contributed by atoms with Gasteiger partial charge in [-0.15, -0.1) is 0 Å². The van der Waals surface area contributed by atoms with Crippen molar-refractivity contribution in [2.24, 2.45) is 5.92 Å². The van der Waals surface area contributed by atoms with Gasteiger partial charge in [-0.3, -0.25) is 28.7 Å². The molecule has 0 bridgehead atoms. The Morgan fingerprint density at radius 3 is 2.46 bits per heavy atom. The Balaban J connectivity index is 1.40. The number of imide groups is 1. The molecule has 3 atom stereocenters. The molecule has 4 aromatic rings. The van der Waals surface area contributed by atoms with E-state index in [0.717, 1.165) is 28.0 Å². The number of para-hydroxylation sites is 1. The van der Waals surface area contributed by atoms with E-state index in [0.29, 0.717) is 21.3 Å². The summed E-state index contributed by atoms with van der Waals surface area (Å²) in [6.07, 6.45) is 3.32. The van der Waals surface area contributed by atoms with Gasteiger partial charge in [0.25, 0.3) is 0 Å². The van der Waals surface area contributed by atoms with Gasteiger partial charge >= 0.3 is 4.87 Å². The van der Waals surface area contributed by atoms with Gasteiger partial charge in [-0.1, -0.05) is 65.1 Å². The minimum absolute atomic E-state index is 0.201. The van der Waals surface area contributed by atoms with Crippen LogP contribution in [0.4, 0.5) is 11.4 Å². The lowest BCUT2D eigenvalue weighted by atomic mass is 9.84. The molecule has 2 aliphatic heterocycles. The summed E-state index contributed by atoms with van der Waals surface area (Å²) in [7, 11) is 0. The fraction of sp³-hybridized carbons (Fsp3) is 0.207. The normalized spacial score (nSPS) is 20.1. The predicted octanol–water partition coefficient (Wildman–Crippen LogP) is 4.36. The van der Waals surface area contributed by atoms with Crippen molar-refractivity contribution >= 4 is 52.2 Å². The molecular weight excluding hydrogens is 532 g/mol. The molecule has 39 heavy (non-hydrogen) atoms. The van der Waals surface area contributed by atoms with Crippen LogP contribution in [0.5, 0.6) is 0 Å². The molecule has 10 heteroatoms. The third kappa shape index (κ3) is 4.39. The average Bonchev–Trinajstić information content (AvgIpc) is 3.37. The van der Waals surface area contributed by atoms with Gasteiger partial charge in [0.2, 0.25) is 17.7 Å². The number of thiazole rings is 1. The zero-order chi connectivity index (χ0) is 27.3. The Labute approximate surface area is 232 Å². The molecule has 1 fully saturated rings. The Kier molecular flexibility index (Phi) is 6.44. The zero-order valence-electron chi connectivity index (χ0n) is 21.2. The summed E-state index contributed by atoms with van der Waals surface area (Å²) in [4.78, 5) is 59.7. The summed E-state index contributed by atoms with van der Waals surface area (Å²) in [5.74, 6) is -2.21. The molecule has 3 amide bonds. The fourth-order valence-electron chi connectivity index (χ4n) is 5.17. The molecule has 1 N–H and O–H groups in total. The molecule has 6 rings (SSSR count). The van der Waals surface area contributed by atoms with Gasteiger partial charge in [0.05, 0.1) is 16.6 Å². The van der Waals surface area contributed by atoms with Gasteiger partial charge < -0.3 is 5.32 Å². The molecule has 0 radical (unpaired) electrons. The SMILES string of the molecule is Cc1ccc(N2C(=O)C3Sc4c(sc(=O)n4CC(=O)Nc4ccccc4C)[C@H](c4cccnc4)C3C2=O)cc1. The highest BCUT2D eigenvalue weighted by Gasteiger charge is 2.56. The number of nitrogens with one attached hydrogen (secondary N) is 1. The van der Waals surface area contributed by atoms with Crippen molar-refractivity contribution in [2.45, 2.75) is 36.6 Å². The topological polar surface area (TPSA) is 101 Å². The second-order valence-electron chi connectivity index (χ2n) is 9.66. The number of thioether (sulfide) groups is 1. The van der Waals surface area contributed by atoms with Crippen molar-refractivity contribution in [3.63, 3.8) is 0 Å². The number of anilines is 2. The second-order valence-corrected chi connectivity index (χ2v) is 11.8. The second kappa shape index (κ2) is 9.94. The van der Waals surface area contributed by atoms with Gasteiger partial charge in [-0.2, -0.15) is 0 Å². The van der Waals surface area contributed by atoms with Crippen molar-refractivity contribution in [3.05, 3.63) is 104 Å². The molecule has 1 saturated heterocycles. The van der Waals surface area contributed by atoms with Gasteiger partial charge in [0, 0.05) is 28.9 Å². The number of carbonyl (C=O) groups is 3. The Bertz CT molecular complexity index is 1660. The summed E-state index contributed by atoms with van der Waals surface area (Å²) in [6.45, 7) is 3.64. The van der Waals surface area contributed by atoms with Gasteiger partial charge in [0.1, 0.15) is 11.8 Å². The first-order chi connectivity index (χ1) is 18.8. The van der Waals surface area contributed by atoms with Crippen LogP contribution in [0, 0.1) is 19.8 Å². The molecule has 8 nitrogen and oxygen atoms in total. The third-order valence-electron chi connectivity index (χ3n) is 7.11. The highest BCUT2D eigenvalue weighted by molar-refractivity contribution is 8.00. The number of fused-ring (bicyclic) bond motifs is 2. The quantitative estimate of drug-likeness (QED) is 0.367. The van der Waals surface area contributed by atoms with Crippen LogP contribution >= 0.6 is 23.1 Å². The van der Waals surface area contributed by atoms with Crippen LogP contribution in [-0.4, -0.2) is 32.5 Å². The van der Waals surface area contributed by atoms with E-state index in [-0.39, 0.29) is 29.1 Å². The molecule has 2 aliphatic rings. The minimum atomic E-state index is -0.740. The molecule has 0 saturated carbocycles. The molecule has 0 aliphatic carbocycles. The minimum Gasteiger partial charge on any atom is -0.324 e. The van der Waals surface area contributed by atoms with Gasteiger partial charge in [-0.05, 0) is 49.2 Å². The highest BCUT2D eigenvalue weighted by Crippen LogP contribution is 2.53. The number of carbonyl (C=O) groups excluding carboxylic acids is 3. The van der Waals surface area contributed by atoms with E-state index in [4.69, 9.17) is 0 Å². The van der Waals surface area contributed by atoms with Crippen molar-refractivity contribution in [1.29, 1.82) is 0 Å². The zero-order valence-corrected chi connectivity index (χ0v) is 22.8. The number of hydrogen-bond donors (Lipinski definition) is 1. The lowest BCUT2D eigenvalue weighted by Gasteiger charge is -2.30. The summed E-state index contributed by atoms with van der Waals surface area (Å²) in [6, 6.07) is 18.3. The molecule has 2 unspecified atom stereocenters. The van der Waals surface area contributed by atoms with Crippen molar-refractivity contribution in [3.8, 4) is 0 Å². The predicted molar refractivity (Wildman–Crippen MR) is 151 cm³/mol. The first-order valence-electron chi connectivity index (χ1n) is 12.4. The van der Waals surface area contributed by atoms with Crippen LogP contribution < -0.4 is 15.1 Å². The number of aryl methyl sites for hydroxylation is 2. The van der Waals surface area contributed by atoms with E-state index in [2.05, 4.69) is 10.3 Å². The molecular formula is C29H24N4O4S2. The number of pyridine rings is 1. The van der Waals surface area contributed by atoms with E-state index >= 15 is 0 Å². The van der Waals surface area contributed by atoms with Crippen LogP contribution in [0.1, 0.15) is 27.5 Å².